The third-order valence-corrected chi connectivity index (χ3v) is 6.37. The molecule has 0 aliphatic carbocycles. The second-order valence-electron chi connectivity index (χ2n) is 7.86. The largest absolute Gasteiger partial charge is 0.505 e. The van der Waals surface area contributed by atoms with E-state index in [1.807, 2.05) is 6.07 Å². The number of nitrogens with one attached hydrogen (secondary N) is 1. The summed E-state index contributed by atoms with van der Waals surface area (Å²) in [6.45, 7) is 3.23. The summed E-state index contributed by atoms with van der Waals surface area (Å²) in [6.07, 6.45) is 0. The molecule has 40 heavy (non-hydrogen) atoms. The lowest BCUT2D eigenvalue weighted by molar-refractivity contribution is -0.0757. The maximum atomic E-state index is 12.3. The molecule has 0 spiro atoms. The highest BCUT2D eigenvalue weighted by Gasteiger charge is 2.22. The van der Waals surface area contributed by atoms with Crippen LogP contribution in [0.3, 0.4) is 0 Å². The number of benzene rings is 2. The van der Waals surface area contributed by atoms with Gasteiger partial charge in [0.2, 0.25) is 0 Å². The molecule has 0 aliphatic rings. The van der Waals surface area contributed by atoms with Crippen molar-refractivity contribution in [1.29, 1.82) is 0 Å². The maximum absolute atomic E-state index is 12.3. The lowest BCUT2D eigenvalue weighted by Gasteiger charge is -2.17. The minimum Gasteiger partial charge on any atom is -0.505 e. The molecular formula is C26H29Br2ClN4O7. The number of hydroxylamine groups is 3. The number of carbonyl (C=O) groups excluding carboxylic acids is 1. The molecule has 4 rings (SSSR count). The minimum absolute atomic E-state index is 0. The van der Waals surface area contributed by atoms with Gasteiger partial charge in [0, 0.05) is 33.8 Å². The van der Waals surface area contributed by atoms with Crippen LogP contribution in [0.1, 0.15) is 32.1 Å². The predicted molar refractivity (Wildman–Crippen MR) is 161 cm³/mol. The summed E-state index contributed by atoms with van der Waals surface area (Å²) in [5.41, 5.74) is 4.43. The molecule has 0 atom stereocenters. The highest BCUT2D eigenvalue weighted by Crippen LogP contribution is 2.32. The molecule has 2 aromatic carbocycles. The van der Waals surface area contributed by atoms with E-state index in [2.05, 4.69) is 52.1 Å². The van der Waals surface area contributed by atoms with Crippen LogP contribution in [0, 0.1) is 13.8 Å². The molecule has 4 aromatic rings. The van der Waals surface area contributed by atoms with E-state index < -0.39 is 11.9 Å². The smallest absolute Gasteiger partial charge is 0.340 e. The SMILES string of the molecule is CNOC.CON(C)C(=O)c1c(O)c(C)nc2ccc(Br)cc12.Cc1nc2ccc(Br)cc2c(C(=O)O)c1O.Cl. The molecule has 4 N–H and O–H groups in total. The number of carbonyl (C=O) groups is 2. The summed E-state index contributed by atoms with van der Waals surface area (Å²) in [5.74, 6) is -1.99. The molecule has 0 unspecified atom stereocenters. The molecule has 0 fully saturated rings. The van der Waals surface area contributed by atoms with Crippen molar-refractivity contribution < 1.29 is 34.6 Å². The van der Waals surface area contributed by atoms with Crippen molar-refractivity contribution in [3.05, 3.63) is 67.9 Å². The minimum atomic E-state index is -1.16. The van der Waals surface area contributed by atoms with Crippen LogP contribution in [0.25, 0.3) is 21.8 Å². The van der Waals surface area contributed by atoms with Crippen molar-refractivity contribution in [2.45, 2.75) is 13.8 Å². The Morgan fingerprint density at radius 3 is 1.65 bits per heavy atom. The van der Waals surface area contributed by atoms with Crippen LogP contribution in [-0.4, -0.2) is 70.5 Å². The van der Waals surface area contributed by atoms with Gasteiger partial charge in [0.25, 0.3) is 5.91 Å². The summed E-state index contributed by atoms with van der Waals surface area (Å²) in [4.78, 5) is 40.9. The fraction of sp³-hybridized carbons (Fsp3) is 0.231. The van der Waals surface area contributed by atoms with Crippen LogP contribution in [0.4, 0.5) is 0 Å². The van der Waals surface area contributed by atoms with Crippen LogP contribution in [0.15, 0.2) is 45.3 Å². The van der Waals surface area contributed by atoms with E-state index in [-0.39, 0.29) is 35.0 Å². The monoisotopic (exact) mass is 702 g/mol. The van der Waals surface area contributed by atoms with Gasteiger partial charge >= 0.3 is 5.97 Å². The topological polar surface area (TPSA) is 154 Å². The van der Waals surface area contributed by atoms with Crippen molar-refractivity contribution in [1.82, 2.24) is 20.5 Å². The first kappa shape index (κ1) is 35.0. The average Bonchev–Trinajstić information content (AvgIpc) is 2.90. The number of hydrogen-bond donors (Lipinski definition) is 4. The number of aromatic hydroxyl groups is 2. The predicted octanol–water partition coefficient (Wildman–Crippen LogP) is 5.54. The van der Waals surface area contributed by atoms with Crippen LogP contribution in [0.5, 0.6) is 11.5 Å². The molecular weight excluding hydrogens is 676 g/mol. The van der Waals surface area contributed by atoms with Gasteiger partial charge in [-0.05, 0) is 50.2 Å². The molecule has 0 radical (unpaired) electrons. The molecule has 0 saturated carbocycles. The van der Waals surface area contributed by atoms with Crippen LogP contribution >= 0.6 is 44.3 Å². The maximum Gasteiger partial charge on any atom is 0.340 e. The Bertz CT molecular complexity index is 1520. The first-order valence-electron chi connectivity index (χ1n) is 11.2. The number of fused-ring (bicyclic) bond motifs is 2. The van der Waals surface area contributed by atoms with Gasteiger partial charge in [0.05, 0.1) is 42.2 Å². The number of aromatic carboxylic acids is 1. The van der Waals surface area contributed by atoms with E-state index in [0.29, 0.717) is 33.2 Å². The second-order valence-corrected chi connectivity index (χ2v) is 9.69. The molecule has 2 heterocycles. The first-order chi connectivity index (χ1) is 18.4. The molecule has 2 aromatic heterocycles. The Morgan fingerprint density at radius 2 is 1.27 bits per heavy atom. The summed E-state index contributed by atoms with van der Waals surface area (Å²) in [6, 6.07) is 10.5. The molecule has 0 bridgehead atoms. The van der Waals surface area contributed by atoms with Gasteiger partial charge in [0.1, 0.15) is 11.3 Å². The zero-order valence-electron chi connectivity index (χ0n) is 22.4. The van der Waals surface area contributed by atoms with E-state index in [9.17, 15) is 19.8 Å². The number of aromatic nitrogens is 2. The van der Waals surface area contributed by atoms with E-state index in [4.69, 9.17) is 9.94 Å². The Balaban J connectivity index is 0.000000349. The summed E-state index contributed by atoms with van der Waals surface area (Å²) >= 11 is 6.60. The lowest BCUT2D eigenvalue weighted by atomic mass is 10.1. The first-order valence-corrected chi connectivity index (χ1v) is 12.8. The van der Waals surface area contributed by atoms with Gasteiger partial charge in [-0.1, -0.05) is 31.9 Å². The van der Waals surface area contributed by atoms with Crippen LogP contribution < -0.4 is 5.48 Å². The Morgan fingerprint density at radius 1 is 0.875 bits per heavy atom. The van der Waals surface area contributed by atoms with E-state index in [1.54, 1.807) is 58.3 Å². The number of nitrogens with zero attached hydrogens (tertiary/aromatic N) is 3. The number of carboxylic acids is 1. The number of pyridine rings is 2. The zero-order chi connectivity index (χ0) is 29.4. The molecule has 11 nitrogen and oxygen atoms in total. The highest BCUT2D eigenvalue weighted by molar-refractivity contribution is 9.10. The molecule has 0 saturated heterocycles. The Kier molecular flexibility index (Phi) is 13.7. The standard InChI is InChI=1S/C13H13BrN2O3.C11H8BrNO3.C2H7NO.ClH/c1-7-12(17)11(13(18)16(2)19-3)9-6-8(14)4-5-10(9)15-7;1-5-10(14)9(11(15)16)7-4-6(12)2-3-8(7)13-5;1-3-4-2;/h4-6,17H,1-3H3;2-4,14H,1H3,(H,15,16);3H,1-2H3;1H. The van der Waals surface area contributed by atoms with Gasteiger partial charge in [0.15, 0.2) is 5.75 Å². The van der Waals surface area contributed by atoms with E-state index >= 15 is 0 Å². The normalized spacial score (nSPS) is 10.1. The van der Waals surface area contributed by atoms with E-state index in [0.717, 1.165) is 14.0 Å². The van der Waals surface area contributed by atoms with Gasteiger partial charge in [-0.25, -0.2) is 25.3 Å². The summed E-state index contributed by atoms with van der Waals surface area (Å²) in [5, 5.41) is 31.0. The fourth-order valence-corrected chi connectivity index (χ4v) is 4.09. The molecule has 0 aliphatic heterocycles. The quantitative estimate of drug-likeness (QED) is 0.199. The average molecular weight is 705 g/mol. The third-order valence-electron chi connectivity index (χ3n) is 5.38. The fourth-order valence-electron chi connectivity index (χ4n) is 3.37. The summed E-state index contributed by atoms with van der Waals surface area (Å²) in [7, 11) is 6.16. The molecule has 216 valence electrons. The second kappa shape index (κ2) is 15.6. The number of aryl methyl sites for hydroxylation is 2. The molecule has 14 heteroatoms. The van der Waals surface area contributed by atoms with Crippen LogP contribution in [-0.2, 0) is 9.68 Å². The number of rotatable bonds is 4. The number of carboxylic acid groups (broad SMARTS) is 1. The lowest BCUT2D eigenvalue weighted by Crippen LogP contribution is -2.26. The van der Waals surface area contributed by atoms with Gasteiger partial charge in [-0.3, -0.25) is 9.63 Å². The van der Waals surface area contributed by atoms with Gasteiger partial charge in [-0.2, -0.15) is 0 Å². The number of amides is 1. The van der Waals surface area contributed by atoms with Gasteiger partial charge < -0.3 is 20.2 Å². The zero-order valence-corrected chi connectivity index (χ0v) is 26.4. The van der Waals surface area contributed by atoms with Crippen LogP contribution in [0.2, 0.25) is 0 Å². The van der Waals surface area contributed by atoms with Gasteiger partial charge in [-0.15, -0.1) is 12.4 Å². The van der Waals surface area contributed by atoms with Crippen molar-refractivity contribution in [2.24, 2.45) is 0 Å². The van der Waals surface area contributed by atoms with E-state index in [1.165, 1.54) is 14.2 Å². The van der Waals surface area contributed by atoms with Crippen molar-refractivity contribution in [2.75, 3.05) is 28.3 Å². The highest BCUT2D eigenvalue weighted by atomic mass is 79.9. The molecule has 1 amide bonds. The third kappa shape index (κ3) is 8.22. The Hall–Kier alpha value is -3.07. The Labute approximate surface area is 253 Å². The summed E-state index contributed by atoms with van der Waals surface area (Å²) < 4.78 is 1.55. The number of halogens is 3. The van der Waals surface area contributed by atoms with Crippen molar-refractivity contribution in [3.63, 3.8) is 0 Å². The van der Waals surface area contributed by atoms with Crippen molar-refractivity contribution in [3.8, 4) is 11.5 Å². The van der Waals surface area contributed by atoms with Crippen molar-refractivity contribution >= 4 is 77.9 Å². The number of hydrogen-bond acceptors (Lipinski definition) is 9.